The number of esters is 1. The fourth-order valence-corrected chi connectivity index (χ4v) is 3.55. The summed E-state index contributed by atoms with van der Waals surface area (Å²) < 4.78 is 5.29. The monoisotopic (exact) mass is 403 g/mol. The van der Waals surface area contributed by atoms with E-state index in [1.807, 2.05) is 91.0 Å². The van der Waals surface area contributed by atoms with E-state index < -0.39 is 18.1 Å². The van der Waals surface area contributed by atoms with Crippen LogP contribution in [0.3, 0.4) is 0 Å². The van der Waals surface area contributed by atoms with Crippen molar-refractivity contribution in [2.75, 3.05) is 6.61 Å². The van der Waals surface area contributed by atoms with Crippen LogP contribution in [0.15, 0.2) is 91.0 Å². The van der Waals surface area contributed by atoms with Gasteiger partial charge in [-0.15, -0.1) is 0 Å². The number of nitrogens with one attached hydrogen (secondary N) is 1. The van der Waals surface area contributed by atoms with Crippen molar-refractivity contribution < 1.29 is 14.6 Å². The molecule has 0 aliphatic heterocycles. The first-order chi connectivity index (χ1) is 14.7. The second kappa shape index (κ2) is 11.3. The number of ether oxygens (including phenoxy) is 1. The van der Waals surface area contributed by atoms with E-state index in [0.29, 0.717) is 12.8 Å². The second-order valence-corrected chi connectivity index (χ2v) is 7.24. The fourth-order valence-electron chi connectivity index (χ4n) is 3.55. The van der Waals surface area contributed by atoms with Gasteiger partial charge >= 0.3 is 5.97 Å². The van der Waals surface area contributed by atoms with Gasteiger partial charge in [-0.25, -0.2) is 0 Å². The molecule has 0 aromatic heterocycles. The number of aliphatic hydroxyl groups is 1. The van der Waals surface area contributed by atoms with Crippen LogP contribution >= 0.6 is 0 Å². The number of carbonyl (C=O) groups excluding carboxylic acids is 1. The molecule has 2 atom stereocenters. The lowest BCUT2D eigenvalue weighted by Gasteiger charge is -2.28. The molecule has 30 heavy (non-hydrogen) atoms. The zero-order valence-electron chi connectivity index (χ0n) is 17.3. The van der Waals surface area contributed by atoms with Crippen molar-refractivity contribution in [3.05, 3.63) is 108 Å². The minimum absolute atomic E-state index is 0.242. The molecule has 0 spiro atoms. The molecule has 156 valence electrons. The van der Waals surface area contributed by atoms with Crippen LogP contribution in [0.25, 0.3) is 0 Å². The van der Waals surface area contributed by atoms with Crippen molar-refractivity contribution in [1.29, 1.82) is 0 Å². The molecule has 2 N–H and O–H groups in total. The van der Waals surface area contributed by atoms with Gasteiger partial charge in [0, 0.05) is 0 Å². The van der Waals surface area contributed by atoms with Crippen LogP contribution in [0.1, 0.15) is 36.1 Å². The van der Waals surface area contributed by atoms with E-state index in [2.05, 4.69) is 5.32 Å². The number of carbonyl (C=O) groups is 1. The molecule has 0 bridgehead atoms. The third-order valence-corrected chi connectivity index (χ3v) is 5.11. The standard InChI is InChI=1S/C26H29NO3/c1-2-30-26(29)25(23(28)19-18-20-12-6-3-7-13-20)27-24(21-14-8-4-9-15-21)22-16-10-5-11-17-22/h3-17,23-25,27-28H,2,18-19H2,1H3/t23-,25-/m1/s1. The Morgan fingerprint density at radius 1 is 0.867 bits per heavy atom. The maximum Gasteiger partial charge on any atom is 0.325 e. The zero-order chi connectivity index (χ0) is 21.2. The van der Waals surface area contributed by atoms with Gasteiger partial charge in [0.2, 0.25) is 0 Å². The largest absolute Gasteiger partial charge is 0.465 e. The fraction of sp³-hybridized carbons (Fsp3) is 0.269. The Labute approximate surface area is 178 Å². The average Bonchev–Trinajstić information content (AvgIpc) is 2.80. The van der Waals surface area contributed by atoms with E-state index in [0.717, 1.165) is 16.7 Å². The molecule has 4 heteroatoms. The molecule has 3 aromatic carbocycles. The molecule has 0 fully saturated rings. The summed E-state index contributed by atoms with van der Waals surface area (Å²) in [5, 5.41) is 14.3. The molecule has 0 aliphatic rings. The van der Waals surface area contributed by atoms with E-state index in [-0.39, 0.29) is 12.6 Å². The number of hydrogen-bond donors (Lipinski definition) is 2. The van der Waals surface area contributed by atoms with E-state index >= 15 is 0 Å². The van der Waals surface area contributed by atoms with Crippen LogP contribution < -0.4 is 5.32 Å². The Kier molecular flexibility index (Phi) is 8.19. The van der Waals surface area contributed by atoms with E-state index in [1.54, 1.807) is 6.92 Å². The highest BCUT2D eigenvalue weighted by atomic mass is 16.5. The zero-order valence-corrected chi connectivity index (χ0v) is 17.3. The van der Waals surface area contributed by atoms with Gasteiger partial charge in [-0.05, 0) is 36.5 Å². The van der Waals surface area contributed by atoms with Crippen LogP contribution in [0.4, 0.5) is 0 Å². The molecule has 0 amide bonds. The molecule has 3 rings (SSSR count). The van der Waals surface area contributed by atoms with Crippen molar-refractivity contribution in [3.8, 4) is 0 Å². The van der Waals surface area contributed by atoms with Crippen molar-refractivity contribution in [1.82, 2.24) is 5.32 Å². The summed E-state index contributed by atoms with van der Waals surface area (Å²) in [6.45, 7) is 2.04. The quantitative estimate of drug-likeness (QED) is 0.496. The molecule has 0 heterocycles. The van der Waals surface area contributed by atoms with Crippen molar-refractivity contribution in [2.24, 2.45) is 0 Å². The molecule has 3 aromatic rings. The van der Waals surface area contributed by atoms with Gasteiger partial charge in [-0.2, -0.15) is 0 Å². The summed E-state index contributed by atoms with van der Waals surface area (Å²) in [7, 11) is 0. The topological polar surface area (TPSA) is 58.6 Å². The van der Waals surface area contributed by atoms with Crippen LogP contribution in [0, 0.1) is 0 Å². The van der Waals surface area contributed by atoms with Gasteiger partial charge in [0.25, 0.3) is 0 Å². The second-order valence-electron chi connectivity index (χ2n) is 7.24. The Morgan fingerprint density at radius 2 is 1.37 bits per heavy atom. The molecular formula is C26H29NO3. The third-order valence-electron chi connectivity index (χ3n) is 5.11. The Balaban J connectivity index is 1.82. The summed E-state index contributed by atoms with van der Waals surface area (Å²) in [6, 6.07) is 28.8. The molecular weight excluding hydrogens is 374 g/mol. The summed E-state index contributed by atoms with van der Waals surface area (Å²) >= 11 is 0. The van der Waals surface area contributed by atoms with Gasteiger partial charge in [0.15, 0.2) is 0 Å². The highest BCUT2D eigenvalue weighted by Gasteiger charge is 2.31. The first-order valence-electron chi connectivity index (χ1n) is 10.4. The predicted molar refractivity (Wildman–Crippen MR) is 119 cm³/mol. The van der Waals surface area contributed by atoms with Crippen LogP contribution in [-0.4, -0.2) is 29.8 Å². The van der Waals surface area contributed by atoms with Gasteiger partial charge < -0.3 is 9.84 Å². The van der Waals surface area contributed by atoms with E-state index in [9.17, 15) is 9.90 Å². The van der Waals surface area contributed by atoms with Gasteiger partial charge in [0.05, 0.1) is 18.8 Å². The molecule has 0 saturated carbocycles. The SMILES string of the molecule is CCOC(=O)[C@H](NC(c1ccccc1)c1ccccc1)[C@H](O)CCc1ccccc1. The van der Waals surface area contributed by atoms with E-state index in [4.69, 9.17) is 4.74 Å². The highest BCUT2D eigenvalue weighted by molar-refractivity contribution is 5.76. The van der Waals surface area contributed by atoms with Crippen molar-refractivity contribution in [2.45, 2.75) is 38.0 Å². The minimum Gasteiger partial charge on any atom is -0.465 e. The molecule has 4 nitrogen and oxygen atoms in total. The van der Waals surface area contributed by atoms with Crippen molar-refractivity contribution in [3.63, 3.8) is 0 Å². The minimum atomic E-state index is -0.876. The van der Waals surface area contributed by atoms with Crippen LogP contribution in [0.2, 0.25) is 0 Å². The number of aliphatic hydroxyl groups excluding tert-OH is 1. The lowest BCUT2D eigenvalue weighted by molar-refractivity contribution is -0.149. The van der Waals surface area contributed by atoms with Crippen molar-refractivity contribution >= 4 is 5.97 Å². The van der Waals surface area contributed by atoms with Gasteiger partial charge in [0.1, 0.15) is 6.04 Å². The van der Waals surface area contributed by atoms with Gasteiger partial charge in [-0.1, -0.05) is 91.0 Å². The highest BCUT2D eigenvalue weighted by Crippen LogP contribution is 2.24. The lowest BCUT2D eigenvalue weighted by Crippen LogP contribution is -2.48. The predicted octanol–water partition coefficient (Wildman–Crippen LogP) is 4.29. The summed E-state index contributed by atoms with van der Waals surface area (Å²) in [5.74, 6) is -0.435. The molecule has 0 radical (unpaired) electrons. The molecule has 0 saturated heterocycles. The smallest absolute Gasteiger partial charge is 0.325 e. The first kappa shape index (κ1) is 21.8. The van der Waals surface area contributed by atoms with Crippen LogP contribution in [-0.2, 0) is 16.0 Å². The third kappa shape index (κ3) is 6.02. The molecule has 0 aliphatic carbocycles. The normalized spacial score (nSPS) is 13.0. The molecule has 0 unspecified atom stereocenters. The Hall–Kier alpha value is -2.95. The first-order valence-corrected chi connectivity index (χ1v) is 10.4. The van der Waals surface area contributed by atoms with E-state index in [1.165, 1.54) is 0 Å². The van der Waals surface area contributed by atoms with Gasteiger partial charge in [-0.3, -0.25) is 10.1 Å². The summed E-state index contributed by atoms with van der Waals surface area (Å²) in [4.78, 5) is 12.7. The number of aryl methyl sites for hydroxylation is 1. The Morgan fingerprint density at radius 3 is 1.87 bits per heavy atom. The maximum absolute atomic E-state index is 12.7. The number of rotatable bonds is 10. The number of hydrogen-bond acceptors (Lipinski definition) is 4. The summed E-state index contributed by atoms with van der Waals surface area (Å²) in [5.41, 5.74) is 3.17. The maximum atomic E-state index is 12.7. The lowest BCUT2D eigenvalue weighted by atomic mass is 9.95. The Bertz CT molecular complexity index is 844. The number of benzene rings is 3. The van der Waals surface area contributed by atoms with Crippen LogP contribution in [0.5, 0.6) is 0 Å². The summed E-state index contributed by atoms with van der Waals surface area (Å²) in [6.07, 6.45) is 0.261. The average molecular weight is 404 g/mol.